The zero-order chi connectivity index (χ0) is 12.1. The summed E-state index contributed by atoms with van der Waals surface area (Å²) in [6.45, 7) is 0. The zero-order valence-electron chi connectivity index (χ0n) is 8.91. The molecule has 84 valence electrons. The van der Waals surface area contributed by atoms with Gasteiger partial charge in [0.15, 0.2) is 0 Å². The number of hydrogen-bond donors (Lipinski definition) is 0. The third-order valence-corrected chi connectivity index (χ3v) is 2.30. The van der Waals surface area contributed by atoms with Crippen molar-refractivity contribution in [3.8, 4) is 11.8 Å². The first-order valence-corrected chi connectivity index (χ1v) is 4.83. The summed E-state index contributed by atoms with van der Waals surface area (Å²) in [5.41, 5.74) is 0.866. The fraction of sp³-hybridized carbons (Fsp3) is 0.273. The molecule has 0 amide bonds. The van der Waals surface area contributed by atoms with Crippen LogP contribution in [0.2, 0.25) is 5.02 Å². The first-order valence-electron chi connectivity index (χ1n) is 4.45. The van der Waals surface area contributed by atoms with Gasteiger partial charge >= 0.3 is 5.97 Å². The Bertz CT molecular complexity index is 451. The van der Waals surface area contributed by atoms with Gasteiger partial charge in [0, 0.05) is 0 Å². The van der Waals surface area contributed by atoms with E-state index in [4.69, 9.17) is 21.6 Å². The number of nitrogens with zero attached hydrogens (tertiary/aromatic N) is 1. The number of esters is 1. The van der Waals surface area contributed by atoms with Crippen LogP contribution in [0.4, 0.5) is 0 Å². The van der Waals surface area contributed by atoms with E-state index in [2.05, 4.69) is 4.74 Å². The smallest absolute Gasteiger partial charge is 0.343 e. The SMILES string of the molecule is COC(=O)c1c(Cl)cc(CC#N)cc1OC. The van der Waals surface area contributed by atoms with E-state index in [-0.39, 0.29) is 17.0 Å². The lowest BCUT2D eigenvalue weighted by Crippen LogP contribution is -2.05. The number of carbonyl (C=O) groups excluding carboxylic acids is 1. The maximum Gasteiger partial charge on any atom is 0.343 e. The Morgan fingerprint density at radius 1 is 1.50 bits per heavy atom. The summed E-state index contributed by atoms with van der Waals surface area (Å²) in [6, 6.07) is 5.15. The van der Waals surface area contributed by atoms with E-state index in [9.17, 15) is 4.79 Å². The second-order valence-corrected chi connectivity index (χ2v) is 3.39. The van der Waals surface area contributed by atoms with Crippen molar-refractivity contribution < 1.29 is 14.3 Å². The van der Waals surface area contributed by atoms with E-state index in [0.29, 0.717) is 11.3 Å². The highest BCUT2D eigenvalue weighted by atomic mass is 35.5. The number of rotatable bonds is 3. The Morgan fingerprint density at radius 2 is 2.19 bits per heavy atom. The lowest BCUT2D eigenvalue weighted by Gasteiger charge is -2.10. The van der Waals surface area contributed by atoms with Crippen LogP contribution in [0.15, 0.2) is 12.1 Å². The molecule has 0 N–H and O–H groups in total. The lowest BCUT2D eigenvalue weighted by molar-refractivity contribution is 0.0597. The van der Waals surface area contributed by atoms with Crippen molar-refractivity contribution in [3.63, 3.8) is 0 Å². The van der Waals surface area contributed by atoms with E-state index in [1.165, 1.54) is 14.2 Å². The molecule has 0 aliphatic carbocycles. The molecule has 0 saturated heterocycles. The Hall–Kier alpha value is -1.73. The molecule has 0 bridgehead atoms. The van der Waals surface area contributed by atoms with Crippen molar-refractivity contribution in [1.82, 2.24) is 0 Å². The Balaban J connectivity index is 3.29. The number of halogens is 1. The predicted molar refractivity (Wildman–Crippen MR) is 58.7 cm³/mol. The molecule has 0 fully saturated rings. The normalized spacial score (nSPS) is 9.38. The average Bonchev–Trinajstić information content (AvgIpc) is 2.27. The Kier molecular flexibility index (Phi) is 4.15. The van der Waals surface area contributed by atoms with Gasteiger partial charge in [0.1, 0.15) is 11.3 Å². The summed E-state index contributed by atoms with van der Waals surface area (Å²) < 4.78 is 9.63. The summed E-state index contributed by atoms with van der Waals surface area (Å²) >= 11 is 5.93. The van der Waals surface area contributed by atoms with E-state index in [1.807, 2.05) is 6.07 Å². The van der Waals surface area contributed by atoms with Gasteiger partial charge in [-0.25, -0.2) is 4.79 Å². The summed E-state index contributed by atoms with van der Waals surface area (Å²) in [5, 5.41) is 8.79. The van der Waals surface area contributed by atoms with Crippen molar-refractivity contribution in [1.29, 1.82) is 5.26 Å². The van der Waals surface area contributed by atoms with Gasteiger partial charge in [-0.15, -0.1) is 0 Å². The maximum absolute atomic E-state index is 11.4. The van der Waals surface area contributed by atoms with E-state index < -0.39 is 5.97 Å². The molecule has 0 saturated carbocycles. The van der Waals surface area contributed by atoms with Crippen LogP contribution >= 0.6 is 11.6 Å². The quantitative estimate of drug-likeness (QED) is 0.759. The van der Waals surface area contributed by atoms with E-state index in [1.54, 1.807) is 12.1 Å². The fourth-order valence-corrected chi connectivity index (χ4v) is 1.60. The number of ether oxygens (including phenoxy) is 2. The van der Waals surface area contributed by atoms with Gasteiger partial charge in [-0.2, -0.15) is 5.26 Å². The molecule has 0 spiro atoms. The summed E-state index contributed by atoms with van der Waals surface area (Å²) in [4.78, 5) is 11.4. The molecule has 0 unspecified atom stereocenters. The minimum absolute atomic E-state index is 0.174. The first kappa shape index (κ1) is 12.3. The summed E-state index contributed by atoms with van der Waals surface area (Å²) in [5.74, 6) is -0.255. The average molecular weight is 240 g/mol. The van der Waals surface area contributed by atoms with Crippen molar-refractivity contribution >= 4 is 17.6 Å². The minimum Gasteiger partial charge on any atom is -0.496 e. The second-order valence-electron chi connectivity index (χ2n) is 2.98. The van der Waals surface area contributed by atoms with Crippen LogP contribution < -0.4 is 4.74 Å². The van der Waals surface area contributed by atoms with Gasteiger partial charge in [0.25, 0.3) is 0 Å². The molecule has 0 aliphatic heterocycles. The van der Waals surface area contributed by atoms with Crippen LogP contribution in [0, 0.1) is 11.3 Å². The lowest BCUT2D eigenvalue weighted by atomic mass is 10.1. The number of benzene rings is 1. The summed E-state index contributed by atoms with van der Waals surface area (Å²) in [7, 11) is 2.69. The topological polar surface area (TPSA) is 59.3 Å². The van der Waals surface area contributed by atoms with E-state index >= 15 is 0 Å². The van der Waals surface area contributed by atoms with Crippen LogP contribution in [0.1, 0.15) is 15.9 Å². The van der Waals surface area contributed by atoms with Crippen LogP contribution in [0.25, 0.3) is 0 Å². The Labute approximate surface area is 98.3 Å². The molecule has 0 heterocycles. The third kappa shape index (κ3) is 2.44. The monoisotopic (exact) mass is 239 g/mol. The van der Waals surface area contributed by atoms with Crippen LogP contribution in [0.5, 0.6) is 5.75 Å². The van der Waals surface area contributed by atoms with Gasteiger partial charge < -0.3 is 9.47 Å². The van der Waals surface area contributed by atoms with Crippen molar-refractivity contribution in [2.45, 2.75) is 6.42 Å². The van der Waals surface area contributed by atoms with Crippen molar-refractivity contribution in [3.05, 3.63) is 28.3 Å². The highest BCUT2D eigenvalue weighted by Crippen LogP contribution is 2.29. The van der Waals surface area contributed by atoms with Gasteiger partial charge in [-0.1, -0.05) is 11.6 Å². The van der Waals surface area contributed by atoms with Crippen molar-refractivity contribution in [2.24, 2.45) is 0 Å². The van der Waals surface area contributed by atoms with Gasteiger partial charge in [0.2, 0.25) is 0 Å². The molecule has 5 heteroatoms. The fourth-order valence-electron chi connectivity index (χ4n) is 1.29. The molecular formula is C11H10ClNO3. The Morgan fingerprint density at radius 3 is 2.69 bits per heavy atom. The largest absolute Gasteiger partial charge is 0.496 e. The molecule has 1 aromatic carbocycles. The third-order valence-electron chi connectivity index (χ3n) is 2.01. The van der Waals surface area contributed by atoms with Crippen LogP contribution in [-0.4, -0.2) is 20.2 Å². The molecule has 0 aromatic heterocycles. The molecule has 16 heavy (non-hydrogen) atoms. The standard InChI is InChI=1S/C11H10ClNO3/c1-15-9-6-7(3-4-13)5-8(12)10(9)11(14)16-2/h5-6H,3H2,1-2H3. The maximum atomic E-state index is 11.4. The molecule has 0 radical (unpaired) electrons. The summed E-state index contributed by atoms with van der Waals surface area (Å²) in [6.07, 6.45) is 0.206. The van der Waals surface area contributed by atoms with E-state index in [0.717, 1.165) is 0 Å². The second kappa shape index (κ2) is 5.38. The van der Waals surface area contributed by atoms with Gasteiger partial charge in [-0.05, 0) is 17.7 Å². The van der Waals surface area contributed by atoms with Gasteiger partial charge in [-0.3, -0.25) is 0 Å². The number of methoxy groups -OCH3 is 2. The highest BCUT2D eigenvalue weighted by molar-refractivity contribution is 6.34. The van der Waals surface area contributed by atoms with Crippen LogP contribution in [0.3, 0.4) is 0 Å². The van der Waals surface area contributed by atoms with Crippen molar-refractivity contribution in [2.75, 3.05) is 14.2 Å². The molecule has 0 aliphatic rings. The zero-order valence-corrected chi connectivity index (χ0v) is 9.67. The molecule has 0 atom stereocenters. The molecule has 1 rings (SSSR count). The highest BCUT2D eigenvalue weighted by Gasteiger charge is 2.18. The van der Waals surface area contributed by atoms with Crippen LogP contribution in [-0.2, 0) is 11.2 Å². The molecule has 1 aromatic rings. The molecule has 4 nitrogen and oxygen atoms in total. The number of nitriles is 1. The number of carbonyl (C=O) groups is 1. The molecular weight excluding hydrogens is 230 g/mol. The minimum atomic E-state index is -0.564. The first-order chi connectivity index (χ1) is 7.63. The number of hydrogen-bond acceptors (Lipinski definition) is 4. The predicted octanol–water partition coefficient (Wildman–Crippen LogP) is 2.20. The van der Waals surface area contributed by atoms with Gasteiger partial charge in [0.05, 0.1) is 31.7 Å².